The Morgan fingerprint density at radius 3 is 2.68 bits per heavy atom. The lowest BCUT2D eigenvalue weighted by Crippen LogP contribution is -2.38. The number of rotatable bonds is 4. The Balaban J connectivity index is 2.34. The number of benzene rings is 1. The van der Waals surface area contributed by atoms with E-state index in [4.69, 9.17) is 4.84 Å². The third kappa shape index (κ3) is 2.35. The highest BCUT2D eigenvalue weighted by Gasteiger charge is 2.45. The normalized spacial score (nSPS) is 22.2. The van der Waals surface area contributed by atoms with Crippen molar-refractivity contribution in [2.75, 3.05) is 0 Å². The molecule has 0 bridgehead atoms. The molecule has 4 heteroatoms. The highest BCUT2D eigenvalue weighted by atomic mass is 16.7. The molecule has 1 heterocycles. The first-order valence-corrected chi connectivity index (χ1v) is 6.58. The summed E-state index contributed by atoms with van der Waals surface area (Å²) in [6.07, 6.45) is 0.724. The van der Waals surface area contributed by atoms with E-state index in [1.165, 1.54) is 5.56 Å². The number of aliphatic carboxylic acids is 1. The van der Waals surface area contributed by atoms with Crippen LogP contribution in [-0.4, -0.2) is 22.4 Å². The van der Waals surface area contributed by atoms with Crippen LogP contribution in [-0.2, 0) is 9.63 Å². The molecule has 0 fully saturated rings. The van der Waals surface area contributed by atoms with Crippen molar-refractivity contribution in [1.29, 1.82) is 0 Å². The van der Waals surface area contributed by atoms with Crippen molar-refractivity contribution in [3.05, 3.63) is 35.4 Å². The molecule has 0 radical (unpaired) electrons. The molecule has 102 valence electrons. The largest absolute Gasteiger partial charge is 0.478 e. The fraction of sp³-hybridized carbons (Fsp3) is 0.467. The third-order valence-corrected chi connectivity index (χ3v) is 3.64. The predicted molar refractivity (Wildman–Crippen MR) is 73.4 cm³/mol. The van der Waals surface area contributed by atoms with Gasteiger partial charge in [-0.25, -0.2) is 4.79 Å². The van der Waals surface area contributed by atoms with E-state index < -0.39 is 11.6 Å². The molecule has 0 spiro atoms. The van der Waals surface area contributed by atoms with Crippen LogP contribution < -0.4 is 0 Å². The van der Waals surface area contributed by atoms with Crippen LogP contribution in [0.25, 0.3) is 0 Å². The number of hydrogen-bond donors (Lipinski definition) is 1. The average molecular weight is 261 g/mol. The van der Waals surface area contributed by atoms with Crippen molar-refractivity contribution in [1.82, 2.24) is 0 Å². The zero-order valence-electron chi connectivity index (χ0n) is 11.5. The molecule has 0 saturated carbocycles. The number of nitrogens with zero attached hydrogens (tertiary/aromatic N) is 1. The Labute approximate surface area is 113 Å². The molecule has 2 rings (SSSR count). The lowest BCUT2D eigenvalue weighted by Gasteiger charge is -2.19. The van der Waals surface area contributed by atoms with Crippen LogP contribution >= 0.6 is 0 Å². The molecule has 1 aromatic carbocycles. The van der Waals surface area contributed by atoms with Crippen molar-refractivity contribution < 1.29 is 14.7 Å². The first-order chi connectivity index (χ1) is 9.00. The Morgan fingerprint density at radius 2 is 2.16 bits per heavy atom. The quantitative estimate of drug-likeness (QED) is 0.905. The second-order valence-corrected chi connectivity index (χ2v) is 5.20. The molecular formula is C15H19NO3. The fourth-order valence-electron chi connectivity index (χ4n) is 2.34. The van der Waals surface area contributed by atoms with Crippen LogP contribution in [0.4, 0.5) is 0 Å². The predicted octanol–water partition coefficient (Wildman–Crippen LogP) is 3.17. The maximum atomic E-state index is 11.4. The van der Waals surface area contributed by atoms with Crippen molar-refractivity contribution in [2.45, 2.75) is 45.1 Å². The second kappa shape index (κ2) is 5.03. The number of carbonyl (C=O) groups is 1. The monoisotopic (exact) mass is 261 g/mol. The summed E-state index contributed by atoms with van der Waals surface area (Å²) in [7, 11) is 0. The van der Waals surface area contributed by atoms with E-state index in [0.29, 0.717) is 18.8 Å². The van der Waals surface area contributed by atoms with E-state index in [-0.39, 0.29) is 0 Å². The minimum Gasteiger partial charge on any atom is -0.478 e. The van der Waals surface area contributed by atoms with Gasteiger partial charge in [0, 0.05) is 12.0 Å². The van der Waals surface area contributed by atoms with Gasteiger partial charge in [-0.2, -0.15) is 0 Å². The van der Waals surface area contributed by atoms with E-state index in [2.05, 4.69) is 25.1 Å². The Hall–Kier alpha value is -1.84. The SMILES string of the molecule is CCC1(C(=O)O)CC(c2ccccc2C(C)C)=NO1. The van der Waals surface area contributed by atoms with Gasteiger partial charge in [0.1, 0.15) is 0 Å². The number of oxime groups is 1. The smallest absolute Gasteiger partial charge is 0.351 e. The molecule has 1 unspecified atom stereocenters. The minimum atomic E-state index is -1.20. The topological polar surface area (TPSA) is 58.9 Å². The number of carboxylic acids is 1. The molecule has 4 nitrogen and oxygen atoms in total. The molecule has 19 heavy (non-hydrogen) atoms. The standard InChI is InChI=1S/C15H19NO3/c1-4-15(14(17)18)9-13(16-19-15)12-8-6-5-7-11(12)10(2)3/h5-8,10H,4,9H2,1-3H3,(H,17,18). The molecule has 1 N–H and O–H groups in total. The van der Waals surface area contributed by atoms with Gasteiger partial charge in [-0.05, 0) is 17.9 Å². The van der Waals surface area contributed by atoms with Crippen LogP contribution in [0.2, 0.25) is 0 Å². The Kier molecular flexibility index (Phi) is 3.60. The fourth-order valence-corrected chi connectivity index (χ4v) is 2.34. The van der Waals surface area contributed by atoms with Crippen LogP contribution in [0.3, 0.4) is 0 Å². The first-order valence-electron chi connectivity index (χ1n) is 6.58. The van der Waals surface area contributed by atoms with Gasteiger partial charge in [-0.3, -0.25) is 0 Å². The highest BCUT2D eigenvalue weighted by Crippen LogP contribution is 2.32. The van der Waals surface area contributed by atoms with Crippen molar-refractivity contribution in [3.8, 4) is 0 Å². The molecule has 0 aliphatic carbocycles. The lowest BCUT2D eigenvalue weighted by molar-refractivity contribution is -0.162. The molecule has 0 amide bonds. The summed E-state index contributed by atoms with van der Waals surface area (Å²) in [6, 6.07) is 7.95. The van der Waals surface area contributed by atoms with Gasteiger partial charge in [0.05, 0.1) is 5.71 Å². The van der Waals surface area contributed by atoms with Crippen LogP contribution in [0, 0.1) is 0 Å². The van der Waals surface area contributed by atoms with Crippen LogP contribution in [0.5, 0.6) is 0 Å². The molecule has 0 saturated heterocycles. The molecule has 0 aromatic heterocycles. The maximum absolute atomic E-state index is 11.4. The zero-order chi connectivity index (χ0) is 14.0. The van der Waals surface area contributed by atoms with Gasteiger partial charge in [0.2, 0.25) is 5.60 Å². The van der Waals surface area contributed by atoms with E-state index >= 15 is 0 Å². The van der Waals surface area contributed by atoms with Crippen LogP contribution in [0.15, 0.2) is 29.4 Å². The zero-order valence-corrected chi connectivity index (χ0v) is 11.5. The van der Waals surface area contributed by atoms with Gasteiger partial charge < -0.3 is 9.94 Å². The minimum absolute atomic E-state index is 0.322. The van der Waals surface area contributed by atoms with Gasteiger partial charge >= 0.3 is 5.97 Å². The van der Waals surface area contributed by atoms with Crippen molar-refractivity contribution in [3.63, 3.8) is 0 Å². The Morgan fingerprint density at radius 1 is 1.47 bits per heavy atom. The number of hydrogen-bond acceptors (Lipinski definition) is 3. The molecule has 1 aliphatic rings. The summed E-state index contributed by atoms with van der Waals surface area (Å²) >= 11 is 0. The van der Waals surface area contributed by atoms with Crippen molar-refractivity contribution in [2.24, 2.45) is 5.16 Å². The lowest BCUT2D eigenvalue weighted by atomic mass is 9.88. The Bertz CT molecular complexity index is 522. The first kappa shape index (κ1) is 13.6. The molecule has 1 atom stereocenters. The summed E-state index contributed by atoms with van der Waals surface area (Å²) in [5.74, 6) is -0.587. The van der Waals surface area contributed by atoms with E-state index in [9.17, 15) is 9.90 Å². The van der Waals surface area contributed by atoms with Crippen LogP contribution in [0.1, 0.15) is 50.7 Å². The molecule has 1 aliphatic heterocycles. The van der Waals surface area contributed by atoms with Gasteiger partial charge in [-0.15, -0.1) is 0 Å². The summed E-state index contributed by atoms with van der Waals surface area (Å²) < 4.78 is 0. The summed E-state index contributed by atoms with van der Waals surface area (Å²) in [5.41, 5.74) is 1.70. The summed E-state index contributed by atoms with van der Waals surface area (Å²) in [4.78, 5) is 16.6. The van der Waals surface area contributed by atoms with Gasteiger partial charge in [-0.1, -0.05) is 50.2 Å². The van der Waals surface area contributed by atoms with Crippen molar-refractivity contribution >= 4 is 11.7 Å². The number of carboxylic acid groups (broad SMARTS) is 1. The average Bonchev–Trinajstić information content (AvgIpc) is 2.84. The van der Waals surface area contributed by atoms with E-state index in [1.54, 1.807) is 6.92 Å². The molecular weight excluding hydrogens is 242 g/mol. The molecule has 1 aromatic rings. The summed E-state index contributed by atoms with van der Waals surface area (Å²) in [5, 5.41) is 13.3. The highest BCUT2D eigenvalue weighted by molar-refractivity contribution is 6.05. The van der Waals surface area contributed by atoms with E-state index in [0.717, 1.165) is 11.3 Å². The van der Waals surface area contributed by atoms with Gasteiger partial charge in [0.25, 0.3) is 0 Å². The van der Waals surface area contributed by atoms with Gasteiger partial charge in [0.15, 0.2) is 0 Å². The summed E-state index contributed by atoms with van der Waals surface area (Å²) in [6.45, 7) is 6.03. The second-order valence-electron chi connectivity index (χ2n) is 5.20. The third-order valence-electron chi connectivity index (χ3n) is 3.64. The van der Waals surface area contributed by atoms with E-state index in [1.807, 2.05) is 18.2 Å². The maximum Gasteiger partial charge on any atom is 0.351 e.